The summed E-state index contributed by atoms with van der Waals surface area (Å²) in [5.41, 5.74) is 1.75. The maximum absolute atomic E-state index is 12.8. The summed E-state index contributed by atoms with van der Waals surface area (Å²) in [6.45, 7) is 3.77. The van der Waals surface area contributed by atoms with E-state index in [0.717, 1.165) is 22.6 Å². The Kier molecular flexibility index (Phi) is 6.88. The van der Waals surface area contributed by atoms with Crippen molar-refractivity contribution in [1.29, 1.82) is 0 Å². The second-order valence-electron chi connectivity index (χ2n) is 6.46. The monoisotopic (exact) mass is 473 g/mol. The molecular formula is C17H20ClN5O5S2. The van der Waals surface area contributed by atoms with Crippen LogP contribution in [0.15, 0.2) is 21.8 Å². The standard InChI is InChI=1S/C17H20ClN5O5S2/c1-4-9-7-30(27)16-13(15(26)23(16)8(9)2)21-14(25)12(22-28-3)10-6-29-17(19-10)20-11(24)5-18/h6,13,16H,4-5,7H2,1-3H3,(H,21,25)(H,19,20,24)/b22-12+. The zero-order valence-electron chi connectivity index (χ0n) is 16.4. The van der Waals surface area contributed by atoms with Crippen molar-refractivity contribution >= 4 is 62.3 Å². The van der Waals surface area contributed by atoms with Crippen molar-refractivity contribution in [3.05, 3.63) is 22.3 Å². The topological polar surface area (TPSA) is 130 Å². The summed E-state index contributed by atoms with van der Waals surface area (Å²) >= 11 is 6.53. The largest absolute Gasteiger partial charge is 0.398 e. The molecule has 162 valence electrons. The van der Waals surface area contributed by atoms with Gasteiger partial charge in [0.15, 0.2) is 10.8 Å². The number of nitrogens with zero attached hydrogens (tertiary/aromatic N) is 3. The van der Waals surface area contributed by atoms with Gasteiger partial charge in [-0.05, 0) is 18.9 Å². The van der Waals surface area contributed by atoms with E-state index in [1.165, 1.54) is 17.4 Å². The number of hydrogen-bond acceptors (Lipinski definition) is 8. The highest BCUT2D eigenvalue weighted by molar-refractivity contribution is 7.86. The molecule has 2 aliphatic heterocycles. The minimum absolute atomic E-state index is 0.155. The summed E-state index contributed by atoms with van der Waals surface area (Å²) in [7, 11) is -0.0569. The lowest BCUT2D eigenvalue weighted by Crippen LogP contribution is -2.73. The summed E-state index contributed by atoms with van der Waals surface area (Å²) in [6.07, 6.45) is 0.710. The molecular weight excluding hydrogens is 454 g/mol. The molecule has 2 N–H and O–H groups in total. The third-order valence-corrected chi connectivity index (χ3v) is 7.38. The number of thiazole rings is 1. The Morgan fingerprint density at radius 2 is 2.23 bits per heavy atom. The van der Waals surface area contributed by atoms with E-state index in [4.69, 9.17) is 16.4 Å². The van der Waals surface area contributed by atoms with E-state index < -0.39 is 34.0 Å². The molecule has 0 radical (unpaired) electrons. The molecule has 3 heterocycles. The third kappa shape index (κ3) is 4.12. The fourth-order valence-corrected chi connectivity index (χ4v) is 5.90. The number of hydrogen-bond donors (Lipinski definition) is 2. The molecule has 30 heavy (non-hydrogen) atoms. The summed E-state index contributed by atoms with van der Waals surface area (Å²) in [4.78, 5) is 47.2. The highest BCUT2D eigenvalue weighted by Crippen LogP contribution is 2.35. The predicted molar refractivity (Wildman–Crippen MR) is 114 cm³/mol. The first-order valence-corrected chi connectivity index (χ1v) is 11.7. The molecule has 0 saturated carbocycles. The van der Waals surface area contributed by atoms with E-state index in [9.17, 15) is 18.6 Å². The van der Waals surface area contributed by atoms with Gasteiger partial charge in [0.1, 0.15) is 30.1 Å². The zero-order valence-corrected chi connectivity index (χ0v) is 18.8. The molecule has 13 heteroatoms. The number of halogens is 1. The molecule has 10 nitrogen and oxygen atoms in total. The van der Waals surface area contributed by atoms with Gasteiger partial charge < -0.3 is 15.5 Å². The number of alkyl halides is 1. The van der Waals surface area contributed by atoms with Crippen LogP contribution >= 0.6 is 22.9 Å². The predicted octanol–water partition coefficient (Wildman–Crippen LogP) is 0.770. The second kappa shape index (κ2) is 9.23. The van der Waals surface area contributed by atoms with Gasteiger partial charge in [-0.3, -0.25) is 23.5 Å². The number of fused-ring (bicyclic) bond motifs is 1. The highest BCUT2D eigenvalue weighted by atomic mass is 35.5. The molecule has 0 bridgehead atoms. The number of β-lactam (4-membered cyclic amide) rings is 1. The molecule has 0 spiro atoms. The van der Waals surface area contributed by atoms with Crippen molar-refractivity contribution < 1.29 is 23.4 Å². The number of oxime groups is 1. The Morgan fingerprint density at radius 3 is 2.87 bits per heavy atom. The average Bonchev–Trinajstić information content (AvgIpc) is 3.18. The third-order valence-electron chi connectivity index (χ3n) is 4.73. The number of aromatic nitrogens is 1. The molecule has 2 aliphatic rings. The van der Waals surface area contributed by atoms with Crippen LogP contribution in [0.25, 0.3) is 0 Å². The molecule has 1 saturated heterocycles. The lowest BCUT2D eigenvalue weighted by atomic mass is 10.0. The van der Waals surface area contributed by atoms with Crippen LogP contribution in [0.4, 0.5) is 5.13 Å². The fraction of sp³-hybridized carbons (Fsp3) is 0.471. The lowest BCUT2D eigenvalue weighted by Gasteiger charge is -2.49. The number of nitrogens with one attached hydrogen (secondary N) is 2. The van der Waals surface area contributed by atoms with Gasteiger partial charge in [0, 0.05) is 16.8 Å². The van der Waals surface area contributed by atoms with Gasteiger partial charge in [-0.25, -0.2) is 4.98 Å². The van der Waals surface area contributed by atoms with Crippen LogP contribution in [0.1, 0.15) is 26.0 Å². The smallest absolute Gasteiger partial charge is 0.276 e. The quantitative estimate of drug-likeness (QED) is 0.260. The molecule has 0 aromatic carbocycles. The highest BCUT2D eigenvalue weighted by Gasteiger charge is 2.54. The van der Waals surface area contributed by atoms with Gasteiger partial charge in [0.2, 0.25) is 5.91 Å². The van der Waals surface area contributed by atoms with E-state index in [1.807, 2.05) is 13.8 Å². The van der Waals surface area contributed by atoms with Crippen LogP contribution < -0.4 is 10.6 Å². The first kappa shape index (κ1) is 22.4. The number of carbonyl (C=O) groups excluding carboxylic acids is 3. The second-order valence-corrected chi connectivity index (χ2v) is 9.12. The van der Waals surface area contributed by atoms with Crippen molar-refractivity contribution in [1.82, 2.24) is 15.2 Å². The van der Waals surface area contributed by atoms with Gasteiger partial charge in [0.25, 0.3) is 11.8 Å². The Morgan fingerprint density at radius 1 is 1.50 bits per heavy atom. The number of amides is 3. The Bertz CT molecular complexity index is 975. The zero-order chi connectivity index (χ0) is 22.0. The molecule has 1 aromatic rings. The Balaban J connectivity index is 1.77. The molecule has 1 fully saturated rings. The van der Waals surface area contributed by atoms with Crippen molar-refractivity contribution in [2.45, 2.75) is 31.7 Å². The van der Waals surface area contributed by atoms with E-state index in [-0.39, 0.29) is 28.3 Å². The van der Waals surface area contributed by atoms with Crippen LogP contribution in [0.2, 0.25) is 0 Å². The summed E-state index contributed by atoms with van der Waals surface area (Å²) in [5, 5.41) is 9.91. The number of allylic oxidation sites excluding steroid dienone is 1. The molecule has 1 aromatic heterocycles. The molecule has 3 rings (SSSR count). The SMILES string of the molecule is CCC1=C(C)N2C(=O)C(NC(=O)/C(=N/OC)c3csc(NC(=O)CCl)n3)C2S(=O)C1. The van der Waals surface area contributed by atoms with Crippen LogP contribution in [0, 0.1) is 0 Å². The van der Waals surface area contributed by atoms with E-state index >= 15 is 0 Å². The van der Waals surface area contributed by atoms with Crippen LogP contribution in [0.3, 0.4) is 0 Å². The summed E-state index contributed by atoms with van der Waals surface area (Å²) in [5.74, 6) is -1.33. The van der Waals surface area contributed by atoms with E-state index in [1.54, 1.807) is 0 Å². The van der Waals surface area contributed by atoms with Gasteiger partial charge in [-0.1, -0.05) is 12.1 Å². The minimum atomic E-state index is -1.32. The summed E-state index contributed by atoms with van der Waals surface area (Å²) < 4.78 is 12.6. The minimum Gasteiger partial charge on any atom is -0.398 e. The maximum atomic E-state index is 12.8. The van der Waals surface area contributed by atoms with Crippen LogP contribution in [-0.2, 0) is 30.0 Å². The lowest BCUT2D eigenvalue weighted by molar-refractivity contribution is -0.145. The molecule has 3 amide bonds. The first-order chi connectivity index (χ1) is 14.3. The van der Waals surface area contributed by atoms with Gasteiger partial charge in [0.05, 0.1) is 10.8 Å². The van der Waals surface area contributed by atoms with Gasteiger partial charge in [-0.2, -0.15) is 0 Å². The maximum Gasteiger partial charge on any atom is 0.276 e. The fourth-order valence-electron chi connectivity index (χ4n) is 3.21. The van der Waals surface area contributed by atoms with Crippen molar-refractivity contribution in [2.75, 3.05) is 24.1 Å². The number of carbonyl (C=O) groups is 3. The molecule has 0 aliphatic carbocycles. The Labute approximate surface area is 184 Å². The first-order valence-electron chi connectivity index (χ1n) is 8.94. The molecule has 3 unspecified atom stereocenters. The number of rotatable bonds is 7. The van der Waals surface area contributed by atoms with Gasteiger partial charge in [-0.15, -0.1) is 22.9 Å². The van der Waals surface area contributed by atoms with Crippen LogP contribution in [-0.4, -0.2) is 67.7 Å². The van der Waals surface area contributed by atoms with E-state index in [2.05, 4.69) is 20.8 Å². The van der Waals surface area contributed by atoms with Crippen molar-refractivity contribution in [3.63, 3.8) is 0 Å². The Hall–Kier alpha value is -2.31. The normalized spacial score (nSPS) is 23.6. The molecule has 3 atom stereocenters. The van der Waals surface area contributed by atoms with E-state index in [0.29, 0.717) is 12.2 Å². The summed E-state index contributed by atoms with van der Waals surface area (Å²) in [6, 6.07) is -0.928. The average molecular weight is 474 g/mol. The van der Waals surface area contributed by atoms with Gasteiger partial charge >= 0.3 is 0 Å². The van der Waals surface area contributed by atoms with Crippen molar-refractivity contribution in [3.8, 4) is 0 Å². The van der Waals surface area contributed by atoms with Crippen LogP contribution in [0.5, 0.6) is 0 Å². The van der Waals surface area contributed by atoms with Crippen molar-refractivity contribution in [2.24, 2.45) is 5.16 Å². The number of anilines is 1.